The number of hydrogen-bond acceptors (Lipinski definition) is 4. The van der Waals surface area contributed by atoms with E-state index in [4.69, 9.17) is 4.74 Å². The highest BCUT2D eigenvalue weighted by atomic mass is 16.5. The maximum Gasteiger partial charge on any atom is 0.342 e. The number of nitrogens with one attached hydrogen (secondary N) is 1. The van der Waals surface area contributed by atoms with Gasteiger partial charge in [0.25, 0.3) is 5.91 Å². The second kappa shape index (κ2) is 8.31. The Balaban J connectivity index is 1.63. The molecule has 0 saturated heterocycles. The fraction of sp³-hybridized carbons (Fsp3) is 0.190. The van der Waals surface area contributed by atoms with E-state index in [1.807, 2.05) is 61.5 Å². The first-order valence-electron chi connectivity index (χ1n) is 8.75. The summed E-state index contributed by atoms with van der Waals surface area (Å²) in [6, 6.07) is 17.0. The van der Waals surface area contributed by atoms with Crippen LogP contribution in [0.15, 0.2) is 60.8 Å². The largest absolute Gasteiger partial charge is 0.452 e. The molecule has 0 aliphatic carbocycles. The van der Waals surface area contributed by atoms with E-state index >= 15 is 0 Å². The van der Waals surface area contributed by atoms with Gasteiger partial charge in [-0.1, -0.05) is 43.3 Å². The number of rotatable bonds is 6. The third-order valence-corrected chi connectivity index (χ3v) is 4.24. The van der Waals surface area contributed by atoms with Gasteiger partial charge in [-0.2, -0.15) is 5.10 Å². The monoisotopic (exact) mass is 363 g/mol. The number of benzene rings is 2. The van der Waals surface area contributed by atoms with Gasteiger partial charge >= 0.3 is 5.97 Å². The molecule has 27 heavy (non-hydrogen) atoms. The van der Waals surface area contributed by atoms with Gasteiger partial charge in [-0.15, -0.1) is 0 Å². The van der Waals surface area contributed by atoms with Crippen LogP contribution in [-0.2, 0) is 16.0 Å². The van der Waals surface area contributed by atoms with Gasteiger partial charge in [0.05, 0.1) is 17.6 Å². The van der Waals surface area contributed by atoms with E-state index < -0.39 is 5.97 Å². The standard InChI is InChI=1S/C21H21N3O3/c1-3-16-9-7-8-12-19(16)23-20(25)14-27-21(26)18-13-22-24(15(18)2)17-10-5-4-6-11-17/h4-13H,3,14H2,1-2H3,(H,23,25). The molecule has 0 fully saturated rings. The minimum absolute atomic E-state index is 0.334. The van der Waals surface area contributed by atoms with E-state index in [1.54, 1.807) is 11.6 Å². The molecule has 0 unspecified atom stereocenters. The molecule has 6 heteroatoms. The van der Waals surface area contributed by atoms with Crippen molar-refractivity contribution in [3.8, 4) is 5.69 Å². The summed E-state index contributed by atoms with van der Waals surface area (Å²) in [6.45, 7) is 3.44. The summed E-state index contributed by atoms with van der Waals surface area (Å²) in [5.41, 5.74) is 3.60. The summed E-state index contributed by atoms with van der Waals surface area (Å²) in [7, 11) is 0. The van der Waals surface area contributed by atoms with Gasteiger partial charge in [0.2, 0.25) is 0 Å². The summed E-state index contributed by atoms with van der Waals surface area (Å²) in [6.07, 6.45) is 2.25. The molecular weight excluding hydrogens is 342 g/mol. The van der Waals surface area contributed by atoms with Crippen LogP contribution in [0.2, 0.25) is 0 Å². The molecule has 0 aliphatic rings. The van der Waals surface area contributed by atoms with Crippen molar-refractivity contribution in [2.45, 2.75) is 20.3 Å². The summed E-state index contributed by atoms with van der Waals surface area (Å²) >= 11 is 0. The van der Waals surface area contributed by atoms with Crippen molar-refractivity contribution in [1.29, 1.82) is 0 Å². The van der Waals surface area contributed by atoms with Crippen molar-refractivity contribution >= 4 is 17.6 Å². The molecular formula is C21H21N3O3. The molecule has 1 heterocycles. The number of esters is 1. The van der Waals surface area contributed by atoms with E-state index in [-0.39, 0.29) is 12.5 Å². The van der Waals surface area contributed by atoms with Gasteiger partial charge in [0.15, 0.2) is 6.61 Å². The van der Waals surface area contributed by atoms with Crippen LogP contribution < -0.4 is 5.32 Å². The quantitative estimate of drug-likeness (QED) is 0.680. The molecule has 2 aromatic carbocycles. The topological polar surface area (TPSA) is 73.2 Å². The Labute approximate surface area is 157 Å². The third kappa shape index (κ3) is 4.23. The molecule has 0 spiro atoms. The van der Waals surface area contributed by atoms with Crippen molar-refractivity contribution in [2.24, 2.45) is 0 Å². The molecule has 0 saturated carbocycles. The van der Waals surface area contributed by atoms with Gasteiger partial charge in [-0.05, 0) is 37.1 Å². The highest BCUT2D eigenvalue weighted by molar-refractivity contribution is 5.96. The normalized spacial score (nSPS) is 10.4. The van der Waals surface area contributed by atoms with E-state index in [2.05, 4.69) is 10.4 Å². The second-order valence-electron chi connectivity index (χ2n) is 6.03. The van der Waals surface area contributed by atoms with Crippen LogP contribution in [0, 0.1) is 6.92 Å². The van der Waals surface area contributed by atoms with Crippen LogP contribution in [0.25, 0.3) is 5.69 Å². The number of para-hydroxylation sites is 2. The number of aromatic nitrogens is 2. The molecule has 1 N–H and O–H groups in total. The lowest BCUT2D eigenvalue weighted by Gasteiger charge is -2.10. The lowest BCUT2D eigenvalue weighted by Crippen LogP contribution is -2.21. The zero-order valence-electron chi connectivity index (χ0n) is 15.3. The van der Waals surface area contributed by atoms with Gasteiger partial charge in [0, 0.05) is 5.69 Å². The Morgan fingerprint density at radius 3 is 2.52 bits per heavy atom. The second-order valence-corrected chi connectivity index (χ2v) is 6.03. The van der Waals surface area contributed by atoms with Crippen molar-refractivity contribution in [2.75, 3.05) is 11.9 Å². The highest BCUT2D eigenvalue weighted by Crippen LogP contribution is 2.16. The molecule has 0 aliphatic heterocycles. The Bertz CT molecular complexity index is 948. The van der Waals surface area contributed by atoms with E-state index in [1.165, 1.54) is 6.20 Å². The van der Waals surface area contributed by atoms with Crippen LogP contribution in [0.3, 0.4) is 0 Å². The van der Waals surface area contributed by atoms with Crippen molar-refractivity contribution in [1.82, 2.24) is 9.78 Å². The van der Waals surface area contributed by atoms with Crippen LogP contribution in [0.4, 0.5) is 5.69 Å². The van der Waals surface area contributed by atoms with Crippen LogP contribution in [0.1, 0.15) is 28.5 Å². The van der Waals surface area contributed by atoms with Gasteiger partial charge in [0.1, 0.15) is 5.56 Å². The first kappa shape index (κ1) is 18.4. The zero-order valence-corrected chi connectivity index (χ0v) is 15.3. The Kier molecular flexibility index (Phi) is 5.66. The predicted octanol–water partition coefficient (Wildman–Crippen LogP) is 3.54. The lowest BCUT2D eigenvalue weighted by molar-refractivity contribution is -0.119. The molecule has 0 atom stereocenters. The fourth-order valence-corrected chi connectivity index (χ4v) is 2.79. The molecule has 138 valence electrons. The number of carbonyl (C=O) groups is 2. The minimum atomic E-state index is -0.575. The molecule has 6 nitrogen and oxygen atoms in total. The van der Waals surface area contributed by atoms with E-state index in [0.29, 0.717) is 11.3 Å². The first-order valence-corrected chi connectivity index (χ1v) is 8.75. The first-order chi connectivity index (χ1) is 13.1. The number of ether oxygens (including phenoxy) is 1. The maximum atomic E-state index is 12.3. The average Bonchev–Trinajstić information content (AvgIpc) is 3.08. The lowest BCUT2D eigenvalue weighted by atomic mass is 10.1. The average molecular weight is 363 g/mol. The van der Waals surface area contributed by atoms with Crippen LogP contribution >= 0.6 is 0 Å². The zero-order chi connectivity index (χ0) is 19.2. The number of aryl methyl sites for hydroxylation is 1. The van der Waals surface area contributed by atoms with E-state index in [0.717, 1.165) is 23.4 Å². The number of carbonyl (C=O) groups excluding carboxylic acids is 2. The summed E-state index contributed by atoms with van der Waals surface area (Å²) in [4.78, 5) is 24.5. The highest BCUT2D eigenvalue weighted by Gasteiger charge is 2.18. The van der Waals surface area contributed by atoms with Crippen molar-refractivity contribution < 1.29 is 14.3 Å². The van der Waals surface area contributed by atoms with E-state index in [9.17, 15) is 9.59 Å². The van der Waals surface area contributed by atoms with Gasteiger partial charge in [-0.3, -0.25) is 4.79 Å². The molecule has 1 amide bonds. The predicted molar refractivity (Wildman–Crippen MR) is 103 cm³/mol. The Morgan fingerprint density at radius 2 is 1.78 bits per heavy atom. The number of hydrogen-bond donors (Lipinski definition) is 1. The van der Waals surface area contributed by atoms with Crippen LogP contribution in [-0.4, -0.2) is 28.3 Å². The Hall–Kier alpha value is -3.41. The number of amides is 1. The Morgan fingerprint density at radius 1 is 1.07 bits per heavy atom. The molecule has 0 radical (unpaired) electrons. The summed E-state index contributed by atoms with van der Waals surface area (Å²) in [5.74, 6) is -0.953. The van der Waals surface area contributed by atoms with Crippen molar-refractivity contribution in [3.05, 3.63) is 77.6 Å². The van der Waals surface area contributed by atoms with Crippen LogP contribution in [0.5, 0.6) is 0 Å². The third-order valence-electron chi connectivity index (χ3n) is 4.24. The number of nitrogens with zero attached hydrogens (tertiary/aromatic N) is 2. The minimum Gasteiger partial charge on any atom is -0.452 e. The van der Waals surface area contributed by atoms with Crippen molar-refractivity contribution in [3.63, 3.8) is 0 Å². The smallest absolute Gasteiger partial charge is 0.342 e. The number of anilines is 1. The SMILES string of the molecule is CCc1ccccc1NC(=O)COC(=O)c1cnn(-c2ccccc2)c1C. The summed E-state index contributed by atoms with van der Waals surface area (Å²) < 4.78 is 6.82. The van der Waals surface area contributed by atoms with Gasteiger partial charge in [-0.25, -0.2) is 9.48 Å². The fourth-order valence-electron chi connectivity index (χ4n) is 2.79. The molecule has 1 aromatic heterocycles. The maximum absolute atomic E-state index is 12.3. The molecule has 3 aromatic rings. The molecule has 3 rings (SSSR count). The molecule has 0 bridgehead atoms. The van der Waals surface area contributed by atoms with Gasteiger partial charge < -0.3 is 10.1 Å². The summed E-state index contributed by atoms with van der Waals surface area (Å²) in [5, 5.41) is 7.02.